The number of nitrogens with zero attached hydrogens (tertiary/aromatic N) is 4. The van der Waals surface area contributed by atoms with Crippen LogP contribution in [0.5, 0.6) is 0 Å². The Morgan fingerprint density at radius 1 is 1.45 bits per heavy atom. The summed E-state index contributed by atoms with van der Waals surface area (Å²) in [6, 6.07) is 2.07. The summed E-state index contributed by atoms with van der Waals surface area (Å²) in [5.74, 6) is 0.985. The number of fused-ring (bicyclic) bond motifs is 1. The molecule has 0 unspecified atom stereocenters. The molecule has 1 N–H and O–H groups in total. The number of aromatic nitrogens is 3. The Morgan fingerprint density at radius 3 is 3.05 bits per heavy atom. The van der Waals surface area contributed by atoms with Crippen molar-refractivity contribution in [3.05, 3.63) is 24.2 Å². The third kappa shape index (κ3) is 2.16. The van der Waals surface area contributed by atoms with Crippen molar-refractivity contribution in [2.45, 2.75) is 33.1 Å². The Labute approximate surface area is 119 Å². The third-order valence-corrected chi connectivity index (χ3v) is 4.54. The largest absolute Gasteiger partial charge is 0.396 e. The maximum Gasteiger partial charge on any atom is 0.154 e. The Kier molecular flexibility index (Phi) is 3.38. The maximum atomic E-state index is 9.76. The SMILES string of the molecule is CC[C@]1(CO)CCCN(c2nccn3nc(C)cc23)C1. The molecule has 20 heavy (non-hydrogen) atoms. The van der Waals surface area contributed by atoms with E-state index in [4.69, 9.17) is 0 Å². The topological polar surface area (TPSA) is 53.7 Å². The van der Waals surface area contributed by atoms with Gasteiger partial charge in [0.1, 0.15) is 5.52 Å². The minimum absolute atomic E-state index is 0.0157. The van der Waals surface area contributed by atoms with Crippen molar-refractivity contribution in [2.24, 2.45) is 5.41 Å². The van der Waals surface area contributed by atoms with Gasteiger partial charge in [0, 0.05) is 30.9 Å². The van der Waals surface area contributed by atoms with Gasteiger partial charge in [0.25, 0.3) is 0 Å². The zero-order valence-corrected chi connectivity index (χ0v) is 12.2. The Balaban J connectivity index is 1.98. The molecule has 5 heteroatoms. The fourth-order valence-electron chi connectivity index (χ4n) is 3.19. The number of aliphatic hydroxyl groups is 1. The van der Waals surface area contributed by atoms with E-state index in [0.29, 0.717) is 0 Å². The average molecular weight is 274 g/mol. The number of aryl methyl sites for hydroxylation is 1. The molecule has 0 amide bonds. The van der Waals surface area contributed by atoms with Gasteiger partial charge >= 0.3 is 0 Å². The second-order valence-electron chi connectivity index (χ2n) is 5.90. The quantitative estimate of drug-likeness (QED) is 0.930. The summed E-state index contributed by atoms with van der Waals surface area (Å²) in [6.45, 7) is 6.28. The van der Waals surface area contributed by atoms with Crippen molar-refractivity contribution < 1.29 is 5.11 Å². The number of piperidine rings is 1. The normalized spacial score (nSPS) is 23.4. The van der Waals surface area contributed by atoms with E-state index in [1.165, 1.54) is 0 Å². The lowest BCUT2D eigenvalue weighted by Gasteiger charge is -2.42. The lowest BCUT2D eigenvalue weighted by molar-refractivity contribution is 0.101. The van der Waals surface area contributed by atoms with Gasteiger partial charge in [-0.1, -0.05) is 6.92 Å². The molecule has 0 spiro atoms. The van der Waals surface area contributed by atoms with E-state index in [9.17, 15) is 5.11 Å². The lowest BCUT2D eigenvalue weighted by atomic mass is 9.78. The van der Waals surface area contributed by atoms with Crippen molar-refractivity contribution in [1.82, 2.24) is 14.6 Å². The number of hydrogen-bond donors (Lipinski definition) is 1. The lowest BCUT2D eigenvalue weighted by Crippen LogP contribution is -2.45. The van der Waals surface area contributed by atoms with Gasteiger partial charge in [-0.25, -0.2) is 9.50 Å². The van der Waals surface area contributed by atoms with Crippen molar-refractivity contribution in [3.8, 4) is 0 Å². The molecule has 1 aliphatic rings. The summed E-state index contributed by atoms with van der Waals surface area (Å²) < 4.78 is 1.89. The van der Waals surface area contributed by atoms with Gasteiger partial charge < -0.3 is 10.0 Å². The van der Waals surface area contributed by atoms with Crippen LogP contribution in [0.2, 0.25) is 0 Å². The van der Waals surface area contributed by atoms with Crippen LogP contribution >= 0.6 is 0 Å². The van der Waals surface area contributed by atoms with E-state index < -0.39 is 0 Å². The van der Waals surface area contributed by atoms with Crippen LogP contribution in [0.25, 0.3) is 5.52 Å². The minimum atomic E-state index is 0.0157. The molecule has 2 aromatic rings. The molecule has 0 radical (unpaired) electrons. The minimum Gasteiger partial charge on any atom is -0.396 e. The smallest absolute Gasteiger partial charge is 0.154 e. The second-order valence-corrected chi connectivity index (χ2v) is 5.90. The first-order valence-corrected chi connectivity index (χ1v) is 7.34. The highest BCUT2D eigenvalue weighted by molar-refractivity contribution is 5.69. The molecule has 0 bridgehead atoms. The Bertz CT molecular complexity index is 603. The molecular formula is C15H22N4O. The van der Waals surface area contributed by atoms with Crippen molar-refractivity contribution in [2.75, 3.05) is 24.6 Å². The average Bonchev–Trinajstić information content (AvgIpc) is 2.87. The van der Waals surface area contributed by atoms with Crippen LogP contribution in [0.15, 0.2) is 18.5 Å². The molecule has 5 nitrogen and oxygen atoms in total. The number of aliphatic hydroxyl groups excluding tert-OH is 1. The van der Waals surface area contributed by atoms with E-state index in [2.05, 4.69) is 28.0 Å². The highest BCUT2D eigenvalue weighted by Crippen LogP contribution is 2.35. The summed E-state index contributed by atoms with van der Waals surface area (Å²) >= 11 is 0. The summed E-state index contributed by atoms with van der Waals surface area (Å²) in [5.41, 5.74) is 2.07. The number of anilines is 1. The zero-order chi connectivity index (χ0) is 14.2. The zero-order valence-electron chi connectivity index (χ0n) is 12.2. The highest BCUT2D eigenvalue weighted by Gasteiger charge is 2.34. The van der Waals surface area contributed by atoms with E-state index in [0.717, 1.165) is 49.4 Å². The Hall–Kier alpha value is -1.62. The molecular weight excluding hydrogens is 252 g/mol. The van der Waals surface area contributed by atoms with E-state index in [1.807, 2.05) is 17.6 Å². The molecule has 3 rings (SSSR count). The number of rotatable bonds is 3. The van der Waals surface area contributed by atoms with Gasteiger partial charge in [0.05, 0.1) is 12.3 Å². The number of hydrogen-bond acceptors (Lipinski definition) is 4. The van der Waals surface area contributed by atoms with Crippen LogP contribution in [-0.4, -0.2) is 39.4 Å². The molecule has 1 aliphatic heterocycles. The van der Waals surface area contributed by atoms with Gasteiger partial charge in [-0.15, -0.1) is 0 Å². The molecule has 0 aliphatic carbocycles. The molecule has 2 aromatic heterocycles. The fourth-order valence-corrected chi connectivity index (χ4v) is 3.19. The fraction of sp³-hybridized carbons (Fsp3) is 0.600. The van der Waals surface area contributed by atoms with E-state index in [-0.39, 0.29) is 12.0 Å². The van der Waals surface area contributed by atoms with Crippen LogP contribution in [0, 0.1) is 12.3 Å². The van der Waals surface area contributed by atoms with Gasteiger partial charge in [0.15, 0.2) is 5.82 Å². The summed E-state index contributed by atoms with van der Waals surface area (Å²) in [7, 11) is 0. The molecule has 108 valence electrons. The van der Waals surface area contributed by atoms with Crippen molar-refractivity contribution >= 4 is 11.3 Å². The van der Waals surface area contributed by atoms with E-state index in [1.54, 1.807) is 6.20 Å². The van der Waals surface area contributed by atoms with Gasteiger partial charge in [-0.3, -0.25) is 0 Å². The standard InChI is InChI=1S/C15H22N4O/c1-3-15(11-20)5-4-7-18(10-15)14-13-9-12(2)17-19(13)8-6-16-14/h6,8-9,20H,3-5,7,10-11H2,1-2H3/t15-/m0/s1. The molecule has 1 fully saturated rings. The third-order valence-electron chi connectivity index (χ3n) is 4.54. The molecule has 0 saturated carbocycles. The van der Waals surface area contributed by atoms with E-state index >= 15 is 0 Å². The van der Waals surface area contributed by atoms with Gasteiger partial charge in [0.2, 0.25) is 0 Å². The summed E-state index contributed by atoms with van der Waals surface area (Å²) in [5, 5.41) is 14.2. The second kappa shape index (κ2) is 5.05. The molecule has 0 aromatic carbocycles. The predicted molar refractivity (Wildman–Crippen MR) is 79.0 cm³/mol. The van der Waals surface area contributed by atoms with Gasteiger partial charge in [-0.05, 0) is 32.3 Å². The van der Waals surface area contributed by atoms with Crippen LogP contribution in [0.4, 0.5) is 5.82 Å². The van der Waals surface area contributed by atoms with Crippen LogP contribution in [0.1, 0.15) is 31.9 Å². The van der Waals surface area contributed by atoms with Crippen molar-refractivity contribution in [3.63, 3.8) is 0 Å². The Morgan fingerprint density at radius 2 is 2.30 bits per heavy atom. The van der Waals surface area contributed by atoms with Crippen LogP contribution in [0.3, 0.4) is 0 Å². The summed E-state index contributed by atoms with van der Waals surface area (Å²) in [6.07, 6.45) is 6.88. The first-order valence-electron chi connectivity index (χ1n) is 7.34. The van der Waals surface area contributed by atoms with Crippen molar-refractivity contribution in [1.29, 1.82) is 0 Å². The monoisotopic (exact) mass is 274 g/mol. The summed E-state index contributed by atoms with van der Waals surface area (Å²) in [4.78, 5) is 6.87. The van der Waals surface area contributed by atoms with Gasteiger partial charge in [-0.2, -0.15) is 5.10 Å². The predicted octanol–water partition coefficient (Wildman–Crippen LogP) is 2.03. The first kappa shape index (κ1) is 13.4. The van der Waals surface area contributed by atoms with Crippen LogP contribution in [-0.2, 0) is 0 Å². The highest BCUT2D eigenvalue weighted by atomic mass is 16.3. The molecule has 1 saturated heterocycles. The molecule has 1 atom stereocenters. The molecule has 3 heterocycles. The first-order chi connectivity index (χ1) is 9.67. The maximum absolute atomic E-state index is 9.76. The van der Waals surface area contributed by atoms with Crippen LogP contribution < -0.4 is 4.90 Å².